The van der Waals surface area contributed by atoms with Crippen LogP contribution in [0.1, 0.15) is 25.0 Å². The van der Waals surface area contributed by atoms with Gasteiger partial charge in [-0.25, -0.2) is 0 Å². The number of hydrogen-bond acceptors (Lipinski definition) is 3. The van der Waals surface area contributed by atoms with E-state index in [1.54, 1.807) is 6.26 Å². The van der Waals surface area contributed by atoms with Crippen LogP contribution < -0.4 is 5.32 Å². The highest BCUT2D eigenvalue weighted by molar-refractivity contribution is 9.10. The van der Waals surface area contributed by atoms with Crippen molar-refractivity contribution in [1.82, 2.24) is 5.32 Å². The molecule has 1 saturated carbocycles. The van der Waals surface area contributed by atoms with Gasteiger partial charge in [-0.15, -0.1) is 0 Å². The molecule has 1 aromatic rings. The first-order valence-electron chi connectivity index (χ1n) is 5.91. The second-order valence-electron chi connectivity index (χ2n) is 4.64. The van der Waals surface area contributed by atoms with Crippen LogP contribution in [0.5, 0.6) is 0 Å². The van der Waals surface area contributed by atoms with E-state index < -0.39 is 0 Å². The first-order valence-corrected chi connectivity index (χ1v) is 6.71. The fourth-order valence-corrected chi connectivity index (χ4v) is 2.74. The van der Waals surface area contributed by atoms with E-state index in [4.69, 9.17) is 9.15 Å². The van der Waals surface area contributed by atoms with Crippen molar-refractivity contribution >= 4 is 15.9 Å². The number of hydrogen-bond donors (Lipinski definition) is 1. The lowest BCUT2D eigenvalue weighted by Crippen LogP contribution is -2.37. The molecule has 1 aliphatic carbocycles. The molecule has 88 valence electrons. The molecule has 3 rings (SSSR count). The SMILES string of the molecule is Brc1ccoc1CNC1CCOC1C1CC1. The fraction of sp³-hybridized carbons (Fsp3) is 0.667. The molecule has 2 fully saturated rings. The van der Waals surface area contributed by atoms with Crippen molar-refractivity contribution in [2.75, 3.05) is 6.61 Å². The summed E-state index contributed by atoms with van der Waals surface area (Å²) in [7, 11) is 0. The molecule has 1 saturated heterocycles. The molecular weight excluding hydrogens is 270 g/mol. The second-order valence-corrected chi connectivity index (χ2v) is 5.49. The summed E-state index contributed by atoms with van der Waals surface area (Å²) in [5.74, 6) is 1.78. The molecule has 0 bridgehead atoms. The lowest BCUT2D eigenvalue weighted by atomic mass is 10.1. The van der Waals surface area contributed by atoms with Gasteiger partial charge in [0.2, 0.25) is 0 Å². The van der Waals surface area contributed by atoms with Crippen LogP contribution in [0.25, 0.3) is 0 Å². The Morgan fingerprint density at radius 3 is 2.94 bits per heavy atom. The summed E-state index contributed by atoms with van der Waals surface area (Å²) in [5.41, 5.74) is 0. The predicted molar refractivity (Wildman–Crippen MR) is 64.1 cm³/mol. The summed E-state index contributed by atoms with van der Waals surface area (Å²) in [6.07, 6.45) is 5.96. The van der Waals surface area contributed by atoms with Crippen molar-refractivity contribution in [2.45, 2.75) is 38.0 Å². The van der Waals surface area contributed by atoms with Gasteiger partial charge in [-0.2, -0.15) is 0 Å². The van der Waals surface area contributed by atoms with Crippen LogP contribution in [0.15, 0.2) is 21.2 Å². The predicted octanol–water partition coefficient (Wildman–Crippen LogP) is 2.70. The van der Waals surface area contributed by atoms with E-state index in [1.807, 2.05) is 6.07 Å². The Morgan fingerprint density at radius 2 is 2.25 bits per heavy atom. The molecule has 0 spiro atoms. The molecular formula is C12H16BrNO2. The third kappa shape index (κ3) is 2.19. The molecule has 4 heteroatoms. The summed E-state index contributed by atoms with van der Waals surface area (Å²) >= 11 is 3.47. The van der Waals surface area contributed by atoms with Crippen LogP contribution in [-0.2, 0) is 11.3 Å². The summed E-state index contributed by atoms with van der Waals surface area (Å²) in [4.78, 5) is 0. The highest BCUT2D eigenvalue weighted by Gasteiger charge is 2.40. The first-order chi connectivity index (χ1) is 7.84. The Hall–Kier alpha value is -0.320. The highest BCUT2D eigenvalue weighted by atomic mass is 79.9. The van der Waals surface area contributed by atoms with Crippen molar-refractivity contribution < 1.29 is 9.15 Å². The largest absolute Gasteiger partial charge is 0.467 e. The lowest BCUT2D eigenvalue weighted by Gasteiger charge is -2.18. The van der Waals surface area contributed by atoms with Gasteiger partial charge < -0.3 is 14.5 Å². The highest BCUT2D eigenvalue weighted by Crippen LogP contribution is 2.38. The van der Waals surface area contributed by atoms with Crippen LogP contribution in [0.3, 0.4) is 0 Å². The third-order valence-electron chi connectivity index (χ3n) is 3.44. The van der Waals surface area contributed by atoms with E-state index in [9.17, 15) is 0 Å². The van der Waals surface area contributed by atoms with E-state index in [0.29, 0.717) is 12.1 Å². The average Bonchev–Trinajstić information content (AvgIpc) is 2.88. The van der Waals surface area contributed by atoms with E-state index in [1.165, 1.54) is 12.8 Å². The van der Waals surface area contributed by atoms with E-state index in [2.05, 4.69) is 21.2 Å². The minimum atomic E-state index is 0.439. The molecule has 16 heavy (non-hydrogen) atoms. The monoisotopic (exact) mass is 285 g/mol. The van der Waals surface area contributed by atoms with Crippen LogP contribution in [-0.4, -0.2) is 18.8 Å². The summed E-state index contributed by atoms with van der Waals surface area (Å²) in [5, 5.41) is 3.55. The van der Waals surface area contributed by atoms with Gasteiger partial charge in [0.15, 0.2) is 0 Å². The normalized spacial score (nSPS) is 29.8. The zero-order chi connectivity index (χ0) is 11.0. The molecule has 0 radical (unpaired) electrons. The van der Waals surface area contributed by atoms with Gasteiger partial charge in [0.25, 0.3) is 0 Å². The zero-order valence-electron chi connectivity index (χ0n) is 9.12. The summed E-state index contributed by atoms with van der Waals surface area (Å²) in [6.45, 7) is 1.68. The first kappa shape index (κ1) is 10.8. The van der Waals surface area contributed by atoms with Crippen molar-refractivity contribution in [1.29, 1.82) is 0 Å². The maximum Gasteiger partial charge on any atom is 0.131 e. The standard InChI is InChI=1S/C12H16BrNO2/c13-9-3-5-15-11(9)7-14-10-4-6-16-12(10)8-1-2-8/h3,5,8,10,12,14H,1-2,4,6-7H2. The van der Waals surface area contributed by atoms with E-state index >= 15 is 0 Å². The van der Waals surface area contributed by atoms with Gasteiger partial charge in [-0.3, -0.25) is 0 Å². The van der Waals surface area contributed by atoms with E-state index in [0.717, 1.165) is 35.7 Å². The van der Waals surface area contributed by atoms with Crippen molar-refractivity contribution in [3.8, 4) is 0 Å². The van der Waals surface area contributed by atoms with Crippen LogP contribution >= 0.6 is 15.9 Å². The Morgan fingerprint density at radius 1 is 1.38 bits per heavy atom. The smallest absolute Gasteiger partial charge is 0.131 e. The molecule has 2 atom stereocenters. The zero-order valence-corrected chi connectivity index (χ0v) is 10.7. The van der Waals surface area contributed by atoms with Crippen LogP contribution in [0.2, 0.25) is 0 Å². The molecule has 0 amide bonds. The molecule has 2 unspecified atom stereocenters. The number of rotatable bonds is 4. The van der Waals surface area contributed by atoms with Crippen LogP contribution in [0, 0.1) is 5.92 Å². The van der Waals surface area contributed by atoms with E-state index in [-0.39, 0.29) is 0 Å². The molecule has 1 aliphatic heterocycles. The van der Waals surface area contributed by atoms with Crippen molar-refractivity contribution in [3.63, 3.8) is 0 Å². The Bertz CT molecular complexity index is 362. The topological polar surface area (TPSA) is 34.4 Å². The second kappa shape index (κ2) is 4.51. The molecule has 2 aliphatic rings. The minimum Gasteiger partial charge on any atom is -0.467 e. The molecule has 2 heterocycles. The summed E-state index contributed by atoms with van der Waals surface area (Å²) < 4.78 is 12.2. The Balaban J connectivity index is 1.56. The number of ether oxygens (including phenoxy) is 1. The van der Waals surface area contributed by atoms with Gasteiger partial charge in [-0.1, -0.05) is 0 Å². The van der Waals surface area contributed by atoms with Gasteiger partial charge in [0.1, 0.15) is 5.76 Å². The Labute approximate surface area is 104 Å². The quantitative estimate of drug-likeness (QED) is 0.924. The molecule has 1 N–H and O–H groups in total. The maximum absolute atomic E-state index is 5.78. The average molecular weight is 286 g/mol. The van der Waals surface area contributed by atoms with Crippen LogP contribution in [0.4, 0.5) is 0 Å². The third-order valence-corrected chi connectivity index (χ3v) is 4.14. The van der Waals surface area contributed by atoms with Gasteiger partial charge >= 0.3 is 0 Å². The van der Waals surface area contributed by atoms with Crippen molar-refractivity contribution in [3.05, 3.63) is 22.6 Å². The lowest BCUT2D eigenvalue weighted by molar-refractivity contribution is 0.0805. The summed E-state index contributed by atoms with van der Waals surface area (Å²) in [6, 6.07) is 2.44. The van der Waals surface area contributed by atoms with Gasteiger partial charge in [-0.05, 0) is 47.2 Å². The minimum absolute atomic E-state index is 0.439. The molecule has 0 aromatic carbocycles. The number of furan rings is 1. The molecule has 1 aromatic heterocycles. The molecule has 3 nitrogen and oxygen atoms in total. The van der Waals surface area contributed by atoms with Gasteiger partial charge in [0.05, 0.1) is 23.4 Å². The Kier molecular flexibility index (Phi) is 3.05. The number of nitrogens with one attached hydrogen (secondary N) is 1. The van der Waals surface area contributed by atoms with Gasteiger partial charge in [0, 0.05) is 12.6 Å². The fourth-order valence-electron chi connectivity index (χ4n) is 2.39. The van der Waals surface area contributed by atoms with Crippen molar-refractivity contribution in [2.24, 2.45) is 5.92 Å². The number of halogens is 1. The maximum atomic E-state index is 5.78.